The van der Waals surface area contributed by atoms with Gasteiger partial charge in [-0.05, 0) is 48.1 Å². The molecule has 0 aliphatic heterocycles. The first kappa shape index (κ1) is 26.0. The lowest BCUT2D eigenvalue weighted by atomic mass is 10.0. The van der Waals surface area contributed by atoms with Crippen LogP contribution in [0.4, 0.5) is 0 Å². The summed E-state index contributed by atoms with van der Waals surface area (Å²) in [6.07, 6.45) is 0.423. The first-order chi connectivity index (χ1) is 16.8. The molecule has 0 heterocycles. The Morgan fingerprint density at radius 3 is 2.14 bits per heavy atom. The van der Waals surface area contributed by atoms with Crippen LogP contribution in [0.3, 0.4) is 0 Å². The molecule has 1 N–H and O–H groups in total. The van der Waals surface area contributed by atoms with E-state index < -0.39 is 6.04 Å². The molecule has 0 saturated carbocycles. The molecule has 2 amide bonds. The fraction of sp³-hybridized carbons (Fsp3) is 0.333. The summed E-state index contributed by atoms with van der Waals surface area (Å²) >= 11 is 0. The second-order valence-corrected chi connectivity index (χ2v) is 9.35. The molecule has 3 rings (SSSR count). The number of amides is 2. The predicted molar refractivity (Wildman–Crippen MR) is 140 cm³/mol. The maximum atomic E-state index is 13.6. The second kappa shape index (κ2) is 12.7. The van der Waals surface area contributed by atoms with E-state index in [1.807, 2.05) is 92.7 Å². The summed E-state index contributed by atoms with van der Waals surface area (Å²) in [7, 11) is 0. The summed E-state index contributed by atoms with van der Waals surface area (Å²) in [6.45, 7) is 8.82. The lowest BCUT2D eigenvalue weighted by molar-refractivity contribution is -0.142. The molecule has 0 fully saturated rings. The lowest BCUT2D eigenvalue weighted by Gasteiger charge is -2.32. The number of rotatable bonds is 11. The summed E-state index contributed by atoms with van der Waals surface area (Å²) in [6, 6.07) is 24.7. The van der Waals surface area contributed by atoms with E-state index in [0.717, 1.165) is 22.3 Å². The SMILES string of the molecule is Cc1ccccc1CN(C(=O)COc1ccccc1C)[C@H](Cc1ccccc1)C(=O)NCC(C)C. The highest BCUT2D eigenvalue weighted by atomic mass is 16.5. The zero-order valence-corrected chi connectivity index (χ0v) is 21.2. The molecule has 0 radical (unpaired) electrons. The average Bonchev–Trinajstić information content (AvgIpc) is 2.85. The molecule has 0 unspecified atom stereocenters. The van der Waals surface area contributed by atoms with E-state index in [1.165, 1.54) is 0 Å². The predicted octanol–water partition coefficient (Wildman–Crippen LogP) is 5.09. The van der Waals surface area contributed by atoms with Crippen LogP contribution in [-0.2, 0) is 22.6 Å². The molecule has 3 aromatic rings. The topological polar surface area (TPSA) is 58.6 Å². The fourth-order valence-corrected chi connectivity index (χ4v) is 3.89. The zero-order valence-electron chi connectivity index (χ0n) is 21.2. The minimum atomic E-state index is -0.663. The van der Waals surface area contributed by atoms with Crippen LogP contribution in [0, 0.1) is 19.8 Å². The Kier molecular flexibility index (Phi) is 9.47. The van der Waals surface area contributed by atoms with E-state index >= 15 is 0 Å². The molecule has 3 aromatic carbocycles. The van der Waals surface area contributed by atoms with Crippen molar-refractivity contribution in [2.75, 3.05) is 13.2 Å². The zero-order chi connectivity index (χ0) is 25.2. The Morgan fingerprint density at radius 2 is 1.49 bits per heavy atom. The number of carbonyl (C=O) groups is 2. The first-order valence-electron chi connectivity index (χ1n) is 12.2. The Morgan fingerprint density at radius 1 is 0.857 bits per heavy atom. The highest BCUT2D eigenvalue weighted by Gasteiger charge is 2.31. The molecule has 5 nitrogen and oxygen atoms in total. The maximum Gasteiger partial charge on any atom is 0.261 e. The monoisotopic (exact) mass is 472 g/mol. The van der Waals surface area contributed by atoms with Gasteiger partial charge in [-0.25, -0.2) is 0 Å². The molecule has 35 heavy (non-hydrogen) atoms. The third kappa shape index (κ3) is 7.71. The van der Waals surface area contributed by atoms with Crippen LogP contribution in [0.1, 0.15) is 36.1 Å². The lowest BCUT2D eigenvalue weighted by Crippen LogP contribution is -2.52. The van der Waals surface area contributed by atoms with Gasteiger partial charge in [-0.1, -0.05) is 86.6 Å². The van der Waals surface area contributed by atoms with E-state index in [1.54, 1.807) is 4.90 Å². The third-order valence-electron chi connectivity index (χ3n) is 6.00. The Labute approximate surface area is 209 Å². The summed E-state index contributed by atoms with van der Waals surface area (Å²) in [5.74, 6) is 0.597. The summed E-state index contributed by atoms with van der Waals surface area (Å²) in [5.41, 5.74) is 4.04. The van der Waals surface area contributed by atoms with Gasteiger partial charge in [-0.2, -0.15) is 0 Å². The van der Waals surface area contributed by atoms with Crippen LogP contribution in [-0.4, -0.2) is 35.9 Å². The molecular formula is C30H36N2O3. The number of nitrogens with zero attached hydrogens (tertiary/aromatic N) is 1. The van der Waals surface area contributed by atoms with Gasteiger partial charge in [-0.3, -0.25) is 9.59 Å². The van der Waals surface area contributed by atoms with Crippen LogP contribution in [0.15, 0.2) is 78.9 Å². The molecule has 0 aliphatic rings. The van der Waals surface area contributed by atoms with Gasteiger partial charge in [0.25, 0.3) is 5.91 Å². The van der Waals surface area contributed by atoms with Gasteiger partial charge in [0.05, 0.1) is 0 Å². The van der Waals surface area contributed by atoms with Crippen molar-refractivity contribution in [1.82, 2.24) is 10.2 Å². The fourth-order valence-electron chi connectivity index (χ4n) is 3.89. The maximum absolute atomic E-state index is 13.6. The molecule has 0 aliphatic carbocycles. The standard InChI is InChI=1S/C30H36N2O3/c1-22(2)19-31-30(34)27(18-25-14-6-5-7-15-25)32(20-26-16-10-8-12-23(26)3)29(33)21-35-28-17-11-9-13-24(28)4/h5-17,22,27H,18-21H2,1-4H3,(H,31,34)/t27-/m1/s1. The molecule has 1 atom stereocenters. The van der Waals surface area contributed by atoms with Crippen molar-refractivity contribution in [3.63, 3.8) is 0 Å². The van der Waals surface area contributed by atoms with Crippen LogP contribution >= 0.6 is 0 Å². The first-order valence-corrected chi connectivity index (χ1v) is 12.2. The van der Waals surface area contributed by atoms with E-state index in [4.69, 9.17) is 4.74 Å². The number of para-hydroxylation sites is 1. The summed E-state index contributed by atoms with van der Waals surface area (Å²) in [5, 5.41) is 3.05. The van der Waals surface area contributed by atoms with Gasteiger partial charge in [0.15, 0.2) is 6.61 Å². The quantitative estimate of drug-likeness (QED) is 0.423. The van der Waals surface area contributed by atoms with Gasteiger partial charge in [0.1, 0.15) is 11.8 Å². The van der Waals surface area contributed by atoms with E-state index in [0.29, 0.717) is 31.2 Å². The molecule has 0 spiro atoms. The minimum absolute atomic E-state index is 0.139. The van der Waals surface area contributed by atoms with Crippen molar-refractivity contribution in [1.29, 1.82) is 0 Å². The Hall–Kier alpha value is -3.60. The van der Waals surface area contributed by atoms with E-state index in [9.17, 15) is 9.59 Å². The molecule has 0 aromatic heterocycles. The van der Waals surface area contributed by atoms with Gasteiger partial charge in [-0.15, -0.1) is 0 Å². The van der Waals surface area contributed by atoms with Crippen LogP contribution in [0.5, 0.6) is 5.75 Å². The number of hydrogen-bond donors (Lipinski definition) is 1. The van der Waals surface area contributed by atoms with Crippen molar-refractivity contribution in [2.24, 2.45) is 5.92 Å². The second-order valence-electron chi connectivity index (χ2n) is 9.35. The number of hydrogen-bond acceptors (Lipinski definition) is 3. The number of carbonyl (C=O) groups excluding carboxylic acids is 2. The average molecular weight is 473 g/mol. The van der Waals surface area contributed by atoms with E-state index in [-0.39, 0.29) is 18.4 Å². The Bertz CT molecular complexity index is 1110. The van der Waals surface area contributed by atoms with E-state index in [2.05, 4.69) is 19.2 Å². The van der Waals surface area contributed by atoms with Crippen molar-refractivity contribution >= 4 is 11.8 Å². The van der Waals surface area contributed by atoms with Crippen LogP contribution in [0.25, 0.3) is 0 Å². The smallest absolute Gasteiger partial charge is 0.261 e. The third-order valence-corrected chi connectivity index (χ3v) is 6.00. The Balaban J connectivity index is 1.92. The van der Waals surface area contributed by atoms with Crippen LogP contribution in [0.2, 0.25) is 0 Å². The minimum Gasteiger partial charge on any atom is -0.484 e. The van der Waals surface area contributed by atoms with Gasteiger partial charge in [0, 0.05) is 19.5 Å². The highest BCUT2D eigenvalue weighted by Crippen LogP contribution is 2.19. The highest BCUT2D eigenvalue weighted by molar-refractivity contribution is 5.88. The molecule has 0 saturated heterocycles. The largest absolute Gasteiger partial charge is 0.484 e. The number of aryl methyl sites for hydroxylation is 2. The van der Waals surface area contributed by atoms with Crippen molar-refractivity contribution in [3.8, 4) is 5.75 Å². The molecular weight excluding hydrogens is 436 g/mol. The summed E-state index contributed by atoms with van der Waals surface area (Å²) in [4.78, 5) is 28.8. The van der Waals surface area contributed by atoms with Gasteiger partial charge < -0.3 is 15.0 Å². The van der Waals surface area contributed by atoms with Crippen molar-refractivity contribution in [2.45, 2.75) is 46.7 Å². The molecule has 184 valence electrons. The van der Waals surface area contributed by atoms with Gasteiger partial charge >= 0.3 is 0 Å². The number of benzene rings is 3. The van der Waals surface area contributed by atoms with Gasteiger partial charge in [0.2, 0.25) is 5.91 Å². The number of ether oxygens (including phenoxy) is 1. The van der Waals surface area contributed by atoms with Crippen LogP contribution < -0.4 is 10.1 Å². The van der Waals surface area contributed by atoms with Crippen molar-refractivity contribution in [3.05, 3.63) is 101 Å². The summed E-state index contributed by atoms with van der Waals surface area (Å²) < 4.78 is 5.90. The number of nitrogens with one attached hydrogen (secondary N) is 1. The van der Waals surface area contributed by atoms with Crippen molar-refractivity contribution < 1.29 is 14.3 Å². The normalized spacial score (nSPS) is 11.7. The molecule has 0 bridgehead atoms. The molecule has 5 heteroatoms.